The molecule has 4 nitrogen and oxygen atoms in total. The number of fused-ring (bicyclic) bond motifs is 1. The maximum absolute atomic E-state index is 15.3. The smallest absolute Gasteiger partial charge is 0.128 e. The molecule has 166 valence electrons. The quantitative estimate of drug-likeness (QED) is 0.465. The molecule has 0 radical (unpaired) electrons. The van der Waals surface area contributed by atoms with E-state index in [1.807, 2.05) is 24.3 Å². The molecule has 0 spiro atoms. The number of benzene rings is 3. The number of hydrogen-bond donors (Lipinski definition) is 1. The van der Waals surface area contributed by atoms with E-state index in [-0.39, 0.29) is 17.7 Å². The van der Waals surface area contributed by atoms with Crippen molar-refractivity contribution >= 4 is 10.9 Å². The fourth-order valence-electron chi connectivity index (χ4n) is 4.64. The van der Waals surface area contributed by atoms with Gasteiger partial charge in [-0.1, -0.05) is 24.3 Å². The Balaban J connectivity index is 1.60. The SMILES string of the molecule is CN1CCN([C@@H](c2ccc(F)cc2)c2cc(-c3ccc4[nH]cc(C#N)c4c3)ccc2F)CC1. The van der Waals surface area contributed by atoms with Crippen LogP contribution in [0.25, 0.3) is 22.0 Å². The lowest BCUT2D eigenvalue weighted by molar-refractivity contribution is 0.125. The first kappa shape index (κ1) is 21.3. The van der Waals surface area contributed by atoms with E-state index in [0.29, 0.717) is 11.1 Å². The van der Waals surface area contributed by atoms with Crippen molar-refractivity contribution < 1.29 is 8.78 Å². The van der Waals surface area contributed by atoms with Crippen molar-refractivity contribution in [2.75, 3.05) is 33.2 Å². The number of halogens is 2. The lowest BCUT2D eigenvalue weighted by Crippen LogP contribution is -2.46. The van der Waals surface area contributed by atoms with E-state index < -0.39 is 0 Å². The summed E-state index contributed by atoms with van der Waals surface area (Å²) in [5.74, 6) is -0.592. The number of likely N-dealkylation sites (N-methyl/N-ethyl adjacent to an activating group) is 1. The molecule has 33 heavy (non-hydrogen) atoms. The molecule has 3 aromatic carbocycles. The molecule has 1 aliphatic rings. The Hall–Kier alpha value is -3.53. The van der Waals surface area contributed by atoms with Gasteiger partial charge in [-0.05, 0) is 60.1 Å². The second kappa shape index (κ2) is 8.78. The van der Waals surface area contributed by atoms with Crippen LogP contribution in [-0.4, -0.2) is 48.0 Å². The molecule has 5 rings (SSSR count). The van der Waals surface area contributed by atoms with Crippen LogP contribution in [0.15, 0.2) is 66.9 Å². The monoisotopic (exact) mass is 442 g/mol. The molecule has 1 saturated heterocycles. The standard InChI is InChI=1S/C27H24F2N4/c1-32-10-12-33(13-11-32)27(18-2-6-22(28)7-3-18)24-15-19(4-8-25(24)29)20-5-9-26-23(14-20)21(16-30)17-31-26/h2-9,14-15,17,27,31H,10-13H2,1H3/t27-/m0/s1. The summed E-state index contributed by atoms with van der Waals surface area (Å²) in [6.45, 7) is 3.37. The summed E-state index contributed by atoms with van der Waals surface area (Å²) in [5.41, 5.74) is 4.69. The second-order valence-corrected chi connectivity index (χ2v) is 8.60. The van der Waals surface area contributed by atoms with E-state index in [4.69, 9.17) is 0 Å². The van der Waals surface area contributed by atoms with Crippen molar-refractivity contribution in [1.82, 2.24) is 14.8 Å². The molecule has 1 fully saturated rings. The summed E-state index contributed by atoms with van der Waals surface area (Å²) < 4.78 is 28.9. The minimum atomic E-state index is -0.315. The van der Waals surface area contributed by atoms with Crippen LogP contribution >= 0.6 is 0 Å². The summed E-state index contributed by atoms with van der Waals surface area (Å²) >= 11 is 0. The third-order valence-corrected chi connectivity index (χ3v) is 6.51. The first-order valence-corrected chi connectivity index (χ1v) is 11.0. The fourth-order valence-corrected chi connectivity index (χ4v) is 4.64. The normalized spacial score (nSPS) is 16.1. The van der Waals surface area contributed by atoms with Crippen molar-refractivity contribution in [3.8, 4) is 17.2 Å². The van der Waals surface area contributed by atoms with Crippen LogP contribution in [0.3, 0.4) is 0 Å². The molecule has 6 heteroatoms. The van der Waals surface area contributed by atoms with Gasteiger partial charge in [0.05, 0.1) is 11.6 Å². The number of aromatic nitrogens is 1. The van der Waals surface area contributed by atoms with E-state index in [0.717, 1.165) is 53.8 Å². The Bertz CT molecular complexity index is 1330. The summed E-state index contributed by atoms with van der Waals surface area (Å²) in [6.07, 6.45) is 1.70. The van der Waals surface area contributed by atoms with Crippen molar-refractivity contribution in [2.24, 2.45) is 0 Å². The molecule has 0 amide bonds. The van der Waals surface area contributed by atoms with Gasteiger partial charge in [-0.25, -0.2) is 8.78 Å². The molecule has 4 aromatic rings. The Kier molecular flexibility index (Phi) is 5.67. The maximum Gasteiger partial charge on any atom is 0.128 e. The van der Waals surface area contributed by atoms with E-state index in [2.05, 4.69) is 27.9 Å². The molecule has 1 aromatic heterocycles. The Morgan fingerprint density at radius 2 is 1.61 bits per heavy atom. The number of piperazine rings is 1. The number of rotatable bonds is 4. The zero-order chi connectivity index (χ0) is 22.9. The number of hydrogen-bond acceptors (Lipinski definition) is 3. The molecule has 0 aliphatic carbocycles. The van der Waals surface area contributed by atoms with Crippen LogP contribution in [0.2, 0.25) is 0 Å². The average Bonchev–Trinajstić information content (AvgIpc) is 3.25. The number of nitriles is 1. The molecule has 2 heterocycles. The summed E-state index contributed by atoms with van der Waals surface area (Å²) in [5, 5.41) is 10.2. The van der Waals surface area contributed by atoms with E-state index in [1.54, 1.807) is 24.4 Å². The zero-order valence-electron chi connectivity index (χ0n) is 18.4. The lowest BCUT2D eigenvalue weighted by atomic mass is 9.92. The largest absolute Gasteiger partial charge is 0.360 e. The van der Waals surface area contributed by atoms with Gasteiger partial charge >= 0.3 is 0 Å². The van der Waals surface area contributed by atoms with Gasteiger partial charge < -0.3 is 9.88 Å². The van der Waals surface area contributed by atoms with Gasteiger partial charge in [-0.2, -0.15) is 5.26 Å². The van der Waals surface area contributed by atoms with Crippen molar-refractivity contribution in [2.45, 2.75) is 6.04 Å². The maximum atomic E-state index is 15.3. The van der Waals surface area contributed by atoms with Crippen molar-refractivity contribution in [3.05, 3.63) is 95.2 Å². The average molecular weight is 443 g/mol. The number of nitrogens with one attached hydrogen (secondary N) is 1. The number of H-pyrrole nitrogens is 1. The van der Waals surface area contributed by atoms with Crippen LogP contribution in [0.1, 0.15) is 22.7 Å². The molecular formula is C27H24F2N4. The molecule has 0 bridgehead atoms. The second-order valence-electron chi connectivity index (χ2n) is 8.60. The van der Waals surface area contributed by atoms with Gasteiger partial charge in [-0.15, -0.1) is 0 Å². The van der Waals surface area contributed by atoms with Gasteiger partial charge in [0.15, 0.2) is 0 Å². The highest BCUT2D eigenvalue weighted by Crippen LogP contribution is 2.35. The molecule has 0 saturated carbocycles. The van der Waals surface area contributed by atoms with Gasteiger partial charge in [0, 0.05) is 48.8 Å². The number of aromatic amines is 1. The third kappa shape index (κ3) is 4.13. The first-order valence-electron chi connectivity index (χ1n) is 11.0. The molecule has 0 unspecified atom stereocenters. The van der Waals surface area contributed by atoms with Crippen molar-refractivity contribution in [3.63, 3.8) is 0 Å². The van der Waals surface area contributed by atoms with Crippen LogP contribution in [0, 0.1) is 23.0 Å². The van der Waals surface area contributed by atoms with Crippen LogP contribution < -0.4 is 0 Å². The van der Waals surface area contributed by atoms with Crippen LogP contribution in [0.5, 0.6) is 0 Å². The summed E-state index contributed by atoms with van der Waals surface area (Å²) in [6, 6.07) is 19.3. The van der Waals surface area contributed by atoms with E-state index in [9.17, 15) is 9.65 Å². The van der Waals surface area contributed by atoms with Gasteiger partial charge in [0.25, 0.3) is 0 Å². The van der Waals surface area contributed by atoms with E-state index in [1.165, 1.54) is 18.2 Å². The summed E-state index contributed by atoms with van der Waals surface area (Å²) in [7, 11) is 2.08. The van der Waals surface area contributed by atoms with Crippen molar-refractivity contribution in [1.29, 1.82) is 5.26 Å². The van der Waals surface area contributed by atoms with Crippen LogP contribution in [-0.2, 0) is 0 Å². The predicted molar refractivity (Wildman–Crippen MR) is 126 cm³/mol. The van der Waals surface area contributed by atoms with E-state index >= 15 is 4.39 Å². The minimum Gasteiger partial charge on any atom is -0.360 e. The highest BCUT2D eigenvalue weighted by molar-refractivity contribution is 5.89. The molecular weight excluding hydrogens is 418 g/mol. The van der Waals surface area contributed by atoms with Gasteiger partial charge in [0.2, 0.25) is 0 Å². The zero-order valence-corrected chi connectivity index (χ0v) is 18.4. The highest BCUT2D eigenvalue weighted by atomic mass is 19.1. The minimum absolute atomic E-state index is 0.285. The lowest BCUT2D eigenvalue weighted by Gasteiger charge is -2.38. The summed E-state index contributed by atoms with van der Waals surface area (Å²) in [4.78, 5) is 7.62. The fraction of sp³-hybridized carbons (Fsp3) is 0.222. The Morgan fingerprint density at radius 3 is 2.33 bits per heavy atom. The third-order valence-electron chi connectivity index (χ3n) is 6.51. The molecule has 1 N–H and O–H groups in total. The van der Waals surface area contributed by atoms with Gasteiger partial charge in [-0.3, -0.25) is 4.90 Å². The predicted octanol–water partition coefficient (Wildman–Crippen LogP) is 5.32. The number of nitrogens with zero attached hydrogens (tertiary/aromatic N) is 3. The topological polar surface area (TPSA) is 46.1 Å². The first-order chi connectivity index (χ1) is 16.0. The van der Waals surface area contributed by atoms with Crippen LogP contribution in [0.4, 0.5) is 8.78 Å². The highest BCUT2D eigenvalue weighted by Gasteiger charge is 2.28. The Labute approximate surface area is 191 Å². The molecule has 1 aliphatic heterocycles. The molecule has 1 atom stereocenters. The van der Waals surface area contributed by atoms with Gasteiger partial charge in [0.1, 0.15) is 17.7 Å². The Morgan fingerprint density at radius 1 is 0.909 bits per heavy atom.